The molecule has 0 aromatic carbocycles. The summed E-state index contributed by atoms with van der Waals surface area (Å²) in [6.45, 7) is 8.05. The molecule has 0 saturated carbocycles. The molecule has 5 heteroatoms. The van der Waals surface area contributed by atoms with Gasteiger partial charge in [-0.05, 0) is 46.2 Å². The SMILES string of the molecule is CCCC1(C(=O)NC(C)c2nc(C)cs2)CCNCC1. The van der Waals surface area contributed by atoms with Crippen LogP contribution in [0, 0.1) is 12.3 Å². The smallest absolute Gasteiger partial charge is 0.226 e. The molecule has 1 atom stereocenters. The Balaban J connectivity index is 2.04. The zero-order chi connectivity index (χ0) is 14.6. The molecule has 0 aliphatic carbocycles. The van der Waals surface area contributed by atoms with Gasteiger partial charge < -0.3 is 10.6 Å². The molecule has 1 saturated heterocycles. The van der Waals surface area contributed by atoms with Crippen molar-refractivity contribution in [3.63, 3.8) is 0 Å². The van der Waals surface area contributed by atoms with Crippen LogP contribution in [0.3, 0.4) is 0 Å². The van der Waals surface area contributed by atoms with Crippen LogP contribution in [0.4, 0.5) is 0 Å². The first-order valence-corrected chi connectivity index (χ1v) is 8.39. The summed E-state index contributed by atoms with van der Waals surface area (Å²) in [5, 5.41) is 9.57. The third kappa shape index (κ3) is 3.38. The van der Waals surface area contributed by atoms with E-state index in [0.717, 1.165) is 49.5 Å². The molecule has 1 aliphatic rings. The van der Waals surface area contributed by atoms with E-state index in [1.807, 2.05) is 19.2 Å². The normalized spacial score (nSPS) is 19.6. The van der Waals surface area contributed by atoms with E-state index in [0.29, 0.717) is 0 Å². The number of carbonyl (C=O) groups excluding carboxylic acids is 1. The van der Waals surface area contributed by atoms with Crippen molar-refractivity contribution < 1.29 is 4.79 Å². The maximum atomic E-state index is 12.7. The number of amides is 1. The Kier molecular flexibility index (Phi) is 5.16. The number of carbonyl (C=O) groups is 1. The van der Waals surface area contributed by atoms with Crippen molar-refractivity contribution in [2.75, 3.05) is 13.1 Å². The van der Waals surface area contributed by atoms with Gasteiger partial charge in [0.1, 0.15) is 5.01 Å². The maximum Gasteiger partial charge on any atom is 0.226 e. The molecule has 2 N–H and O–H groups in total. The van der Waals surface area contributed by atoms with E-state index < -0.39 is 0 Å². The predicted molar refractivity (Wildman–Crippen MR) is 82.9 cm³/mol. The number of hydrogen-bond donors (Lipinski definition) is 2. The van der Waals surface area contributed by atoms with Crippen molar-refractivity contribution in [1.82, 2.24) is 15.6 Å². The fourth-order valence-electron chi connectivity index (χ4n) is 2.96. The molecule has 1 aromatic heterocycles. The number of nitrogens with one attached hydrogen (secondary N) is 2. The van der Waals surface area contributed by atoms with E-state index in [9.17, 15) is 4.79 Å². The molecule has 0 radical (unpaired) electrons. The fourth-order valence-corrected chi connectivity index (χ4v) is 3.76. The van der Waals surface area contributed by atoms with E-state index in [-0.39, 0.29) is 17.4 Å². The van der Waals surface area contributed by atoms with Gasteiger partial charge in [-0.3, -0.25) is 4.79 Å². The first kappa shape index (κ1) is 15.4. The molecule has 1 aromatic rings. The van der Waals surface area contributed by atoms with Gasteiger partial charge in [0, 0.05) is 11.1 Å². The number of hydrogen-bond acceptors (Lipinski definition) is 4. The lowest BCUT2D eigenvalue weighted by atomic mass is 9.74. The molecule has 1 amide bonds. The van der Waals surface area contributed by atoms with Gasteiger partial charge in [0.15, 0.2) is 0 Å². The highest BCUT2D eigenvalue weighted by Gasteiger charge is 2.39. The number of aromatic nitrogens is 1. The minimum absolute atomic E-state index is 0.00446. The molecule has 112 valence electrons. The third-order valence-electron chi connectivity index (χ3n) is 4.13. The zero-order valence-corrected chi connectivity index (χ0v) is 13.5. The van der Waals surface area contributed by atoms with Crippen LogP contribution in [0.25, 0.3) is 0 Å². The largest absolute Gasteiger partial charge is 0.347 e. The predicted octanol–water partition coefficient (Wildman–Crippen LogP) is 2.80. The first-order valence-electron chi connectivity index (χ1n) is 7.51. The van der Waals surface area contributed by atoms with E-state index in [4.69, 9.17) is 0 Å². The Hall–Kier alpha value is -0.940. The van der Waals surface area contributed by atoms with Gasteiger partial charge in [-0.25, -0.2) is 4.98 Å². The number of rotatable bonds is 5. The summed E-state index contributed by atoms with van der Waals surface area (Å²) in [5.74, 6) is 0.209. The molecule has 20 heavy (non-hydrogen) atoms. The highest BCUT2D eigenvalue weighted by Crippen LogP contribution is 2.35. The van der Waals surface area contributed by atoms with Gasteiger partial charge in [-0.15, -0.1) is 11.3 Å². The summed E-state index contributed by atoms with van der Waals surface area (Å²) in [4.78, 5) is 17.2. The van der Waals surface area contributed by atoms with Crippen LogP contribution in [0.15, 0.2) is 5.38 Å². The van der Waals surface area contributed by atoms with E-state index >= 15 is 0 Å². The van der Waals surface area contributed by atoms with Gasteiger partial charge in [0.05, 0.1) is 11.5 Å². The lowest BCUT2D eigenvalue weighted by Crippen LogP contribution is -2.48. The van der Waals surface area contributed by atoms with Crippen LogP contribution in [0.2, 0.25) is 0 Å². The van der Waals surface area contributed by atoms with Gasteiger partial charge in [-0.2, -0.15) is 0 Å². The molecule has 2 heterocycles. The standard InChI is InChI=1S/C15H25N3OS/c1-4-5-15(6-8-16-9-7-15)14(19)18-12(3)13-17-11(2)10-20-13/h10,12,16H,4-9H2,1-3H3,(H,18,19). The van der Waals surface area contributed by atoms with Crippen LogP contribution in [0.1, 0.15) is 56.3 Å². The summed E-state index contributed by atoms with van der Waals surface area (Å²) in [6, 6.07) is 0.00446. The molecule has 1 aliphatic heterocycles. The van der Waals surface area contributed by atoms with Crippen molar-refractivity contribution in [1.29, 1.82) is 0 Å². The number of nitrogens with zero attached hydrogens (tertiary/aromatic N) is 1. The van der Waals surface area contributed by atoms with Crippen LogP contribution in [0.5, 0.6) is 0 Å². The second-order valence-corrected chi connectivity index (χ2v) is 6.69. The lowest BCUT2D eigenvalue weighted by Gasteiger charge is -2.36. The minimum Gasteiger partial charge on any atom is -0.347 e. The Morgan fingerprint density at radius 3 is 2.80 bits per heavy atom. The first-order chi connectivity index (χ1) is 9.57. The van der Waals surface area contributed by atoms with Crippen LogP contribution >= 0.6 is 11.3 Å². The summed E-state index contributed by atoms with van der Waals surface area (Å²) in [5.41, 5.74) is 0.844. The summed E-state index contributed by atoms with van der Waals surface area (Å²) >= 11 is 1.62. The van der Waals surface area contributed by atoms with Gasteiger partial charge in [-0.1, -0.05) is 13.3 Å². The summed E-state index contributed by atoms with van der Waals surface area (Å²) in [7, 11) is 0. The molecule has 1 fully saturated rings. The van der Waals surface area contributed by atoms with Crippen LogP contribution in [-0.4, -0.2) is 24.0 Å². The number of thiazole rings is 1. The van der Waals surface area contributed by atoms with Crippen LogP contribution in [-0.2, 0) is 4.79 Å². The molecular formula is C15H25N3OS. The van der Waals surface area contributed by atoms with Gasteiger partial charge >= 0.3 is 0 Å². The monoisotopic (exact) mass is 295 g/mol. The highest BCUT2D eigenvalue weighted by molar-refractivity contribution is 7.09. The molecule has 1 unspecified atom stereocenters. The van der Waals surface area contributed by atoms with E-state index in [2.05, 4.69) is 22.5 Å². The second kappa shape index (κ2) is 6.68. The maximum absolute atomic E-state index is 12.7. The minimum atomic E-state index is -0.180. The number of aryl methyl sites for hydroxylation is 1. The van der Waals surface area contributed by atoms with Crippen molar-refractivity contribution in [3.8, 4) is 0 Å². The lowest BCUT2D eigenvalue weighted by molar-refractivity contribution is -0.133. The molecule has 4 nitrogen and oxygen atoms in total. The summed E-state index contributed by atoms with van der Waals surface area (Å²) in [6.07, 6.45) is 3.91. The Morgan fingerprint density at radius 2 is 2.25 bits per heavy atom. The van der Waals surface area contributed by atoms with Crippen molar-refractivity contribution in [2.45, 2.75) is 52.5 Å². The average Bonchev–Trinajstić information content (AvgIpc) is 2.87. The molecule has 0 spiro atoms. The van der Waals surface area contributed by atoms with Crippen molar-refractivity contribution in [2.24, 2.45) is 5.41 Å². The highest BCUT2D eigenvalue weighted by atomic mass is 32.1. The van der Waals surface area contributed by atoms with Gasteiger partial charge in [0.2, 0.25) is 5.91 Å². The van der Waals surface area contributed by atoms with Gasteiger partial charge in [0.25, 0.3) is 0 Å². The van der Waals surface area contributed by atoms with Crippen LogP contribution < -0.4 is 10.6 Å². The van der Waals surface area contributed by atoms with Crippen molar-refractivity contribution in [3.05, 3.63) is 16.1 Å². The fraction of sp³-hybridized carbons (Fsp3) is 0.733. The van der Waals surface area contributed by atoms with Crippen molar-refractivity contribution >= 4 is 17.2 Å². The summed E-state index contributed by atoms with van der Waals surface area (Å²) < 4.78 is 0. The molecule has 2 rings (SSSR count). The Bertz CT molecular complexity index is 446. The Morgan fingerprint density at radius 1 is 1.55 bits per heavy atom. The van der Waals surface area contributed by atoms with E-state index in [1.54, 1.807) is 11.3 Å². The van der Waals surface area contributed by atoms with E-state index in [1.165, 1.54) is 0 Å². The third-order valence-corrected chi connectivity index (χ3v) is 5.27. The Labute approximate surface area is 125 Å². The zero-order valence-electron chi connectivity index (χ0n) is 12.7. The second-order valence-electron chi connectivity index (χ2n) is 5.80. The average molecular weight is 295 g/mol. The topological polar surface area (TPSA) is 54.0 Å². The number of piperidine rings is 1. The molecule has 0 bridgehead atoms. The quantitative estimate of drug-likeness (QED) is 0.878. The molecular weight excluding hydrogens is 270 g/mol.